The highest BCUT2D eigenvalue weighted by Gasteiger charge is 2.17. The number of nitrogens with zero attached hydrogens (tertiary/aromatic N) is 3. The van der Waals surface area contributed by atoms with E-state index in [0.717, 1.165) is 27.0 Å². The van der Waals surface area contributed by atoms with Crippen molar-refractivity contribution in [3.8, 4) is 5.75 Å². The molecular weight excluding hydrogens is 284 g/mol. The predicted molar refractivity (Wildman–Crippen MR) is 84.8 cm³/mol. The van der Waals surface area contributed by atoms with Crippen molar-refractivity contribution in [3.05, 3.63) is 52.3 Å². The Kier molecular flexibility index (Phi) is 3.31. The average molecular weight is 298 g/mol. The first kappa shape index (κ1) is 13.5. The smallest absolute Gasteiger partial charge is 0.127 e. The number of benzene rings is 1. The SMILES string of the molecule is Cc1sc2ncnc(/C(=N/N)c3ccc(O)cc3)c2c1C. The Morgan fingerprint density at radius 1 is 1.19 bits per heavy atom. The maximum atomic E-state index is 9.41. The van der Waals surface area contributed by atoms with Crippen LogP contribution in [-0.4, -0.2) is 20.8 Å². The highest BCUT2D eigenvalue weighted by atomic mass is 32.1. The van der Waals surface area contributed by atoms with Gasteiger partial charge in [0.25, 0.3) is 0 Å². The zero-order valence-corrected chi connectivity index (χ0v) is 12.5. The summed E-state index contributed by atoms with van der Waals surface area (Å²) in [6, 6.07) is 6.74. The molecular formula is C15H14N4OS. The topological polar surface area (TPSA) is 84.4 Å². The van der Waals surface area contributed by atoms with Gasteiger partial charge >= 0.3 is 0 Å². The van der Waals surface area contributed by atoms with E-state index in [1.165, 1.54) is 11.2 Å². The molecule has 0 unspecified atom stereocenters. The number of hydrogen-bond acceptors (Lipinski definition) is 6. The molecule has 3 rings (SSSR count). The van der Waals surface area contributed by atoms with Gasteiger partial charge in [-0.15, -0.1) is 11.3 Å². The second-order valence-electron chi connectivity index (χ2n) is 4.71. The first-order chi connectivity index (χ1) is 10.1. The standard InChI is InChI=1S/C15H14N4OS/c1-8-9(2)21-15-12(8)14(17-7-18-15)13(19-16)10-3-5-11(20)6-4-10/h3-7,20H,16H2,1-2H3/b19-13+. The number of aromatic hydroxyl groups is 1. The number of aryl methyl sites for hydroxylation is 2. The van der Waals surface area contributed by atoms with Gasteiger partial charge in [0.2, 0.25) is 0 Å². The summed E-state index contributed by atoms with van der Waals surface area (Å²) in [5.41, 5.74) is 3.25. The number of phenolic OH excluding ortho intramolecular Hbond substituents is 1. The third kappa shape index (κ3) is 2.23. The molecule has 106 valence electrons. The van der Waals surface area contributed by atoms with Gasteiger partial charge in [-0.2, -0.15) is 5.10 Å². The third-order valence-corrected chi connectivity index (χ3v) is 4.57. The quantitative estimate of drug-likeness (QED) is 0.433. The lowest BCUT2D eigenvalue weighted by Gasteiger charge is -2.07. The maximum absolute atomic E-state index is 9.41. The monoisotopic (exact) mass is 298 g/mol. The number of fused-ring (bicyclic) bond motifs is 1. The van der Waals surface area contributed by atoms with Crippen LogP contribution < -0.4 is 5.84 Å². The van der Waals surface area contributed by atoms with Crippen LogP contribution in [0.25, 0.3) is 10.2 Å². The minimum Gasteiger partial charge on any atom is -0.508 e. The second-order valence-corrected chi connectivity index (χ2v) is 5.91. The zero-order chi connectivity index (χ0) is 15.0. The number of hydrazone groups is 1. The second kappa shape index (κ2) is 5.14. The molecule has 0 spiro atoms. The van der Waals surface area contributed by atoms with Crippen LogP contribution in [0, 0.1) is 13.8 Å². The van der Waals surface area contributed by atoms with Gasteiger partial charge in [0.15, 0.2) is 0 Å². The molecule has 0 aliphatic carbocycles. The van der Waals surface area contributed by atoms with Crippen molar-refractivity contribution in [2.75, 3.05) is 0 Å². The van der Waals surface area contributed by atoms with Crippen molar-refractivity contribution in [1.29, 1.82) is 0 Å². The van der Waals surface area contributed by atoms with E-state index >= 15 is 0 Å². The number of thiophene rings is 1. The summed E-state index contributed by atoms with van der Waals surface area (Å²) in [5.74, 6) is 5.79. The minimum absolute atomic E-state index is 0.200. The van der Waals surface area contributed by atoms with Gasteiger partial charge < -0.3 is 10.9 Å². The lowest BCUT2D eigenvalue weighted by Crippen LogP contribution is -2.09. The fourth-order valence-electron chi connectivity index (χ4n) is 2.25. The highest BCUT2D eigenvalue weighted by Crippen LogP contribution is 2.31. The van der Waals surface area contributed by atoms with Gasteiger partial charge in [0.05, 0.1) is 0 Å². The van der Waals surface area contributed by atoms with Crippen molar-refractivity contribution < 1.29 is 5.11 Å². The molecule has 0 aliphatic rings. The fourth-order valence-corrected chi connectivity index (χ4v) is 3.25. The van der Waals surface area contributed by atoms with Gasteiger partial charge in [0, 0.05) is 15.8 Å². The van der Waals surface area contributed by atoms with E-state index in [4.69, 9.17) is 5.84 Å². The van der Waals surface area contributed by atoms with E-state index in [-0.39, 0.29) is 5.75 Å². The van der Waals surface area contributed by atoms with Crippen LogP contribution in [-0.2, 0) is 0 Å². The maximum Gasteiger partial charge on any atom is 0.127 e. The molecule has 21 heavy (non-hydrogen) atoms. The lowest BCUT2D eigenvalue weighted by atomic mass is 10.0. The molecule has 0 saturated carbocycles. The first-order valence-electron chi connectivity index (χ1n) is 6.40. The van der Waals surface area contributed by atoms with Gasteiger partial charge in [-0.1, -0.05) is 0 Å². The van der Waals surface area contributed by atoms with E-state index in [1.54, 1.807) is 35.6 Å². The van der Waals surface area contributed by atoms with Crippen molar-refractivity contribution in [1.82, 2.24) is 9.97 Å². The molecule has 0 amide bonds. The van der Waals surface area contributed by atoms with Crippen LogP contribution in [0.3, 0.4) is 0 Å². The minimum atomic E-state index is 0.200. The number of nitrogens with two attached hydrogens (primary N) is 1. The Balaban J connectivity index is 2.25. The largest absolute Gasteiger partial charge is 0.508 e. The first-order valence-corrected chi connectivity index (χ1v) is 7.22. The lowest BCUT2D eigenvalue weighted by molar-refractivity contribution is 0.475. The molecule has 0 saturated heterocycles. The normalized spacial score (nSPS) is 12.0. The molecule has 6 heteroatoms. The molecule has 3 N–H and O–H groups in total. The van der Waals surface area contributed by atoms with Crippen LogP contribution in [0.2, 0.25) is 0 Å². The molecule has 0 radical (unpaired) electrons. The Bertz CT molecular complexity index is 837. The number of phenols is 1. The summed E-state index contributed by atoms with van der Waals surface area (Å²) < 4.78 is 0. The molecule has 2 heterocycles. The Morgan fingerprint density at radius 3 is 2.57 bits per heavy atom. The van der Waals surface area contributed by atoms with E-state index in [0.29, 0.717) is 5.71 Å². The van der Waals surface area contributed by atoms with E-state index in [2.05, 4.69) is 22.0 Å². The summed E-state index contributed by atoms with van der Waals surface area (Å²) >= 11 is 1.63. The molecule has 5 nitrogen and oxygen atoms in total. The molecule has 0 bridgehead atoms. The van der Waals surface area contributed by atoms with Crippen LogP contribution >= 0.6 is 11.3 Å². The summed E-state index contributed by atoms with van der Waals surface area (Å²) in [7, 11) is 0. The number of rotatable bonds is 2. The van der Waals surface area contributed by atoms with Crippen molar-refractivity contribution in [2.24, 2.45) is 10.9 Å². The summed E-state index contributed by atoms with van der Waals surface area (Å²) in [6.45, 7) is 4.11. The third-order valence-electron chi connectivity index (χ3n) is 3.46. The Hall–Kier alpha value is -2.47. The van der Waals surface area contributed by atoms with Crippen LogP contribution in [0.5, 0.6) is 5.75 Å². The highest BCUT2D eigenvalue weighted by molar-refractivity contribution is 7.18. The number of hydrogen-bond donors (Lipinski definition) is 2. The molecule has 0 atom stereocenters. The van der Waals surface area contributed by atoms with Crippen molar-refractivity contribution >= 4 is 27.3 Å². The molecule has 1 aromatic carbocycles. The van der Waals surface area contributed by atoms with Crippen LogP contribution in [0.15, 0.2) is 35.7 Å². The summed E-state index contributed by atoms with van der Waals surface area (Å²) in [6.07, 6.45) is 1.53. The fraction of sp³-hybridized carbons (Fsp3) is 0.133. The Labute approximate surface area is 125 Å². The average Bonchev–Trinajstić information content (AvgIpc) is 2.78. The molecule has 0 aliphatic heterocycles. The zero-order valence-electron chi connectivity index (χ0n) is 11.7. The van der Waals surface area contributed by atoms with Crippen LogP contribution in [0.4, 0.5) is 0 Å². The van der Waals surface area contributed by atoms with E-state index < -0.39 is 0 Å². The van der Waals surface area contributed by atoms with Crippen molar-refractivity contribution in [2.45, 2.75) is 13.8 Å². The van der Waals surface area contributed by atoms with Gasteiger partial charge in [-0.25, -0.2) is 9.97 Å². The predicted octanol–water partition coefficient (Wildman–Crippen LogP) is 2.72. The van der Waals surface area contributed by atoms with E-state index in [9.17, 15) is 5.11 Å². The molecule has 0 fully saturated rings. The molecule has 2 aromatic heterocycles. The Morgan fingerprint density at radius 2 is 1.90 bits per heavy atom. The van der Waals surface area contributed by atoms with Gasteiger partial charge in [0.1, 0.15) is 28.3 Å². The van der Waals surface area contributed by atoms with Gasteiger partial charge in [-0.3, -0.25) is 0 Å². The summed E-state index contributed by atoms with van der Waals surface area (Å²) in [4.78, 5) is 10.8. The summed E-state index contributed by atoms with van der Waals surface area (Å²) in [5, 5.41) is 14.3. The van der Waals surface area contributed by atoms with Gasteiger partial charge in [-0.05, 0) is 43.7 Å². The van der Waals surface area contributed by atoms with Crippen LogP contribution in [0.1, 0.15) is 21.7 Å². The molecule has 3 aromatic rings. The van der Waals surface area contributed by atoms with E-state index in [1.807, 2.05) is 6.92 Å². The number of aromatic nitrogens is 2. The van der Waals surface area contributed by atoms with Crippen molar-refractivity contribution in [3.63, 3.8) is 0 Å².